The topological polar surface area (TPSA) is 103 Å². The smallest absolute Gasteiger partial charge is 0.318 e. The Bertz CT molecular complexity index is 733. The number of anilines is 1. The quantitative estimate of drug-likeness (QED) is 0.798. The number of amides is 3. The summed E-state index contributed by atoms with van der Waals surface area (Å²) in [5, 5.41) is 5.17. The van der Waals surface area contributed by atoms with Crippen LogP contribution in [-0.4, -0.2) is 18.7 Å². The van der Waals surface area contributed by atoms with Crippen LogP contribution in [0.15, 0.2) is 48.5 Å². The molecule has 0 saturated carbocycles. The first-order valence-corrected chi connectivity index (χ1v) is 6.95. The Morgan fingerprint density at radius 3 is 2.52 bits per heavy atom. The van der Waals surface area contributed by atoms with Crippen LogP contribution < -0.4 is 25.8 Å². The van der Waals surface area contributed by atoms with Gasteiger partial charge in [-0.3, -0.25) is 10.1 Å². The number of nitrogens with two attached hydrogens (primary N) is 1. The third-order valence-electron chi connectivity index (χ3n) is 3.33. The Morgan fingerprint density at radius 2 is 1.78 bits per heavy atom. The van der Waals surface area contributed by atoms with Crippen LogP contribution in [0, 0.1) is 0 Å². The van der Waals surface area contributed by atoms with Crippen LogP contribution in [-0.2, 0) is 4.79 Å². The molecule has 0 fully saturated rings. The first-order valence-electron chi connectivity index (χ1n) is 6.95. The predicted molar refractivity (Wildman–Crippen MR) is 83.1 cm³/mol. The van der Waals surface area contributed by atoms with Crippen molar-refractivity contribution in [2.75, 3.05) is 12.1 Å². The second kappa shape index (κ2) is 6.27. The zero-order chi connectivity index (χ0) is 16.2. The summed E-state index contributed by atoms with van der Waals surface area (Å²) in [6.45, 7) is 0.170. The highest BCUT2D eigenvalue weighted by molar-refractivity contribution is 5.98. The van der Waals surface area contributed by atoms with E-state index in [0.717, 1.165) is 0 Å². The van der Waals surface area contributed by atoms with Gasteiger partial charge in [-0.1, -0.05) is 30.3 Å². The molecule has 1 atom stereocenters. The molecule has 3 rings (SSSR count). The minimum atomic E-state index is -0.900. The van der Waals surface area contributed by atoms with Crippen LogP contribution in [0.5, 0.6) is 11.5 Å². The molecule has 2 aromatic carbocycles. The molecule has 7 heteroatoms. The van der Waals surface area contributed by atoms with Crippen molar-refractivity contribution in [3.63, 3.8) is 0 Å². The second-order valence-electron chi connectivity index (χ2n) is 4.91. The average molecular weight is 313 g/mol. The van der Waals surface area contributed by atoms with Crippen molar-refractivity contribution in [2.24, 2.45) is 5.73 Å². The number of imide groups is 1. The Kier molecular flexibility index (Phi) is 4.01. The summed E-state index contributed by atoms with van der Waals surface area (Å²) in [4.78, 5) is 23.2. The number of urea groups is 1. The normalized spacial score (nSPS) is 13.2. The van der Waals surface area contributed by atoms with E-state index in [1.54, 1.807) is 42.5 Å². The molecule has 0 bridgehead atoms. The van der Waals surface area contributed by atoms with E-state index in [4.69, 9.17) is 15.2 Å². The first kappa shape index (κ1) is 14.7. The fraction of sp³-hybridized carbons (Fsp3) is 0.125. The molecule has 0 spiro atoms. The fourth-order valence-electron chi connectivity index (χ4n) is 2.29. The van der Waals surface area contributed by atoms with Gasteiger partial charge >= 0.3 is 6.03 Å². The Hall–Kier alpha value is -3.22. The van der Waals surface area contributed by atoms with Crippen molar-refractivity contribution in [2.45, 2.75) is 6.04 Å². The SMILES string of the molecule is NC(=O)NC(=O)[C@@H](Nc1ccc2c(c1)OCO2)c1ccccc1. The predicted octanol–water partition coefficient (Wildman–Crippen LogP) is 1.76. The maximum Gasteiger partial charge on any atom is 0.318 e. The van der Waals surface area contributed by atoms with Gasteiger partial charge in [-0.05, 0) is 17.7 Å². The summed E-state index contributed by atoms with van der Waals surface area (Å²) < 4.78 is 10.6. The van der Waals surface area contributed by atoms with E-state index in [0.29, 0.717) is 22.7 Å². The molecule has 0 radical (unpaired) electrons. The average Bonchev–Trinajstić information content (AvgIpc) is 3.00. The van der Waals surface area contributed by atoms with E-state index in [-0.39, 0.29) is 6.79 Å². The molecule has 118 valence electrons. The Morgan fingerprint density at radius 1 is 1.04 bits per heavy atom. The number of hydrogen-bond acceptors (Lipinski definition) is 5. The standard InChI is InChI=1S/C16H15N3O4/c17-16(21)19-15(20)14(10-4-2-1-3-5-10)18-11-6-7-12-13(8-11)23-9-22-12/h1-8,14,18H,9H2,(H3,17,19,20,21)/t14-/m0/s1. The molecule has 1 heterocycles. The molecular formula is C16H15N3O4. The lowest BCUT2D eigenvalue weighted by Crippen LogP contribution is -2.40. The molecule has 4 N–H and O–H groups in total. The van der Waals surface area contributed by atoms with Gasteiger partial charge in [0.25, 0.3) is 5.91 Å². The van der Waals surface area contributed by atoms with Crippen molar-refractivity contribution >= 4 is 17.6 Å². The van der Waals surface area contributed by atoms with Gasteiger partial charge in [-0.25, -0.2) is 4.79 Å². The van der Waals surface area contributed by atoms with Gasteiger partial charge in [0.2, 0.25) is 6.79 Å². The Labute approximate surface area is 132 Å². The molecule has 23 heavy (non-hydrogen) atoms. The molecule has 0 aromatic heterocycles. The molecule has 0 saturated heterocycles. The van der Waals surface area contributed by atoms with Gasteiger partial charge in [0.05, 0.1) is 0 Å². The number of hydrogen-bond donors (Lipinski definition) is 3. The number of fused-ring (bicyclic) bond motifs is 1. The summed E-state index contributed by atoms with van der Waals surface area (Å²) in [5.74, 6) is 0.701. The van der Waals surface area contributed by atoms with Gasteiger partial charge in [0.1, 0.15) is 6.04 Å². The van der Waals surface area contributed by atoms with Crippen LogP contribution >= 0.6 is 0 Å². The zero-order valence-electron chi connectivity index (χ0n) is 12.1. The van der Waals surface area contributed by atoms with Crippen LogP contribution in [0.2, 0.25) is 0 Å². The number of benzene rings is 2. The maximum atomic E-state index is 12.3. The highest BCUT2D eigenvalue weighted by atomic mass is 16.7. The lowest BCUT2D eigenvalue weighted by molar-refractivity contribution is -0.120. The van der Waals surface area contributed by atoms with Crippen molar-refractivity contribution in [3.8, 4) is 11.5 Å². The molecule has 2 aromatic rings. The zero-order valence-corrected chi connectivity index (χ0v) is 12.1. The molecular weight excluding hydrogens is 298 g/mol. The van der Waals surface area contributed by atoms with Gasteiger partial charge in [-0.15, -0.1) is 0 Å². The molecule has 3 amide bonds. The highest BCUT2D eigenvalue weighted by Gasteiger charge is 2.22. The molecule has 7 nitrogen and oxygen atoms in total. The third kappa shape index (κ3) is 3.34. The summed E-state index contributed by atoms with van der Waals surface area (Å²) in [5.41, 5.74) is 6.39. The Balaban J connectivity index is 1.86. The van der Waals surface area contributed by atoms with Crippen molar-refractivity contribution in [1.29, 1.82) is 0 Å². The van der Waals surface area contributed by atoms with Crippen molar-refractivity contribution < 1.29 is 19.1 Å². The van der Waals surface area contributed by atoms with Crippen molar-refractivity contribution in [3.05, 3.63) is 54.1 Å². The number of rotatable bonds is 4. The van der Waals surface area contributed by atoms with E-state index in [9.17, 15) is 9.59 Å². The number of carbonyl (C=O) groups is 2. The van der Waals surface area contributed by atoms with Crippen LogP contribution in [0.4, 0.5) is 10.5 Å². The van der Waals surface area contributed by atoms with E-state index in [1.807, 2.05) is 6.07 Å². The van der Waals surface area contributed by atoms with E-state index >= 15 is 0 Å². The first-order chi connectivity index (χ1) is 11.1. The lowest BCUT2D eigenvalue weighted by atomic mass is 10.1. The minimum absolute atomic E-state index is 0.170. The summed E-state index contributed by atoms with van der Waals surface area (Å²) in [7, 11) is 0. The van der Waals surface area contributed by atoms with Gasteiger partial charge < -0.3 is 20.5 Å². The molecule has 0 aliphatic carbocycles. The summed E-state index contributed by atoms with van der Waals surface area (Å²) in [6.07, 6.45) is 0. The highest BCUT2D eigenvalue weighted by Crippen LogP contribution is 2.35. The van der Waals surface area contributed by atoms with Gasteiger partial charge in [-0.2, -0.15) is 0 Å². The van der Waals surface area contributed by atoms with E-state index < -0.39 is 18.0 Å². The van der Waals surface area contributed by atoms with E-state index in [2.05, 4.69) is 10.6 Å². The molecule has 0 unspecified atom stereocenters. The van der Waals surface area contributed by atoms with E-state index in [1.165, 1.54) is 0 Å². The van der Waals surface area contributed by atoms with Gasteiger partial charge in [0.15, 0.2) is 11.5 Å². The van der Waals surface area contributed by atoms with Crippen LogP contribution in [0.3, 0.4) is 0 Å². The number of primary amides is 1. The second-order valence-corrected chi connectivity index (χ2v) is 4.91. The van der Waals surface area contributed by atoms with Crippen molar-refractivity contribution in [1.82, 2.24) is 5.32 Å². The van der Waals surface area contributed by atoms with Crippen LogP contribution in [0.1, 0.15) is 11.6 Å². The number of nitrogens with one attached hydrogen (secondary N) is 2. The van der Waals surface area contributed by atoms with Gasteiger partial charge in [0, 0.05) is 11.8 Å². The monoisotopic (exact) mass is 313 g/mol. The van der Waals surface area contributed by atoms with Crippen LogP contribution in [0.25, 0.3) is 0 Å². The summed E-state index contributed by atoms with van der Waals surface area (Å²) >= 11 is 0. The third-order valence-corrected chi connectivity index (χ3v) is 3.33. The summed E-state index contributed by atoms with van der Waals surface area (Å²) in [6, 6.07) is 12.6. The lowest BCUT2D eigenvalue weighted by Gasteiger charge is -2.19. The maximum absolute atomic E-state index is 12.3. The number of carbonyl (C=O) groups excluding carboxylic acids is 2. The molecule has 1 aliphatic heterocycles. The number of ether oxygens (including phenoxy) is 2. The minimum Gasteiger partial charge on any atom is -0.454 e. The largest absolute Gasteiger partial charge is 0.454 e. The molecule has 1 aliphatic rings. The fourth-order valence-corrected chi connectivity index (χ4v) is 2.29.